The second kappa shape index (κ2) is 7.64. The quantitative estimate of drug-likeness (QED) is 0.819. The number of nitrogens with one attached hydrogen (secondary N) is 1. The van der Waals surface area contributed by atoms with Gasteiger partial charge in [-0.3, -0.25) is 0 Å². The Morgan fingerprint density at radius 1 is 1.11 bits per heavy atom. The molecule has 0 aromatic heterocycles. The topological polar surface area (TPSA) is 15.3 Å². The van der Waals surface area contributed by atoms with E-state index in [0.717, 1.165) is 23.8 Å². The van der Waals surface area contributed by atoms with Crippen molar-refractivity contribution < 1.29 is 0 Å². The maximum atomic E-state index is 3.64. The fourth-order valence-corrected chi connectivity index (χ4v) is 3.83. The van der Waals surface area contributed by atoms with Crippen LogP contribution in [-0.4, -0.2) is 37.1 Å². The van der Waals surface area contributed by atoms with Crippen LogP contribution in [0.2, 0.25) is 0 Å². The van der Waals surface area contributed by atoms with E-state index in [1.807, 2.05) is 0 Å². The van der Waals surface area contributed by atoms with E-state index in [9.17, 15) is 0 Å². The predicted molar refractivity (Wildman–Crippen MR) is 83.4 cm³/mol. The second-order valence-electron chi connectivity index (χ2n) is 7.46. The molecule has 2 unspecified atom stereocenters. The summed E-state index contributed by atoms with van der Waals surface area (Å²) in [5, 5.41) is 3.64. The normalized spacial score (nSPS) is 30.9. The largest absolute Gasteiger partial charge is 0.316 e. The Bertz CT molecular complexity index is 244. The highest BCUT2D eigenvalue weighted by Gasteiger charge is 2.27. The van der Waals surface area contributed by atoms with Gasteiger partial charge in [0.25, 0.3) is 0 Å². The zero-order valence-corrected chi connectivity index (χ0v) is 13.3. The summed E-state index contributed by atoms with van der Waals surface area (Å²) in [6.45, 7) is 12.2. The third kappa shape index (κ3) is 5.07. The summed E-state index contributed by atoms with van der Waals surface area (Å²) in [4.78, 5) is 2.80. The molecule has 2 nitrogen and oxygen atoms in total. The van der Waals surface area contributed by atoms with Crippen LogP contribution in [-0.2, 0) is 0 Å². The van der Waals surface area contributed by atoms with Crippen molar-refractivity contribution in [3.63, 3.8) is 0 Å². The molecule has 1 saturated carbocycles. The van der Waals surface area contributed by atoms with Crippen molar-refractivity contribution in [2.45, 2.75) is 65.3 Å². The Balaban J connectivity index is 1.64. The highest BCUT2D eigenvalue weighted by Crippen LogP contribution is 2.30. The molecule has 112 valence electrons. The van der Waals surface area contributed by atoms with Gasteiger partial charge in [0.1, 0.15) is 0 Å². The third-order valence-electron chi connectivity index (χ3n) is 5.06. The lowest BCUT2D eigenvalue weighted by atomic mass is 9.84. The molecule has 19 heavy (non-hydrogen) atoms. The smallest absolute Gasteiger partial charge is 0.00977 e. The summed E-state index contributed by atoms with van der Waals surface area (Å²) in [5.41, 5.74) is 0. The first-order chi connectivity index (χ1) is 9.15. The van der Waals surface area contributed by atoms with Crippen molar-refractivity contribution in [2.24, 2.45) is 17.8 Å². The molecule has 0 aromatic carbocycles. The highest BCUT2D eigenvalue weighted by molar-refractivity contribution is 4.83. The van der Waals surface area contributed by atoms with Gasteiger partial charge in [0.15, 0.2) is 0 Å². The highest BCUT2D eigenvalue weighted by atomic mass is 15.2. The monoisotopic (exact) mass is 266 g/mol. The van der Waals surface area contributed by atoms with Crippen LogP contribution in [0.15, 0.2) is 0 Å². The van der Waals surface area contributed by atoms with Gasteiger partial charge >= 0.3 is 0 Å². The van der Waals surface area contributed by atoms with Crippen molar-refractivity contribution in [1.29, 1.82) is 0 Å². The van der Waals surface area contributed by atoms with Crippen LogP contribution in [0.25, 0.3) is 0 Å². The molecule has 2 heteroatoms. The average molecular weight is 266 g/mol. The molecule has 0 aromatic rings. The molecule has 2 rings (SSSR count). The van der Waals surface area contributed by atoms with E-state index < -0.39 is 0 Å². The maximum absolute atomic E-state index is 3.64. The van der Waals surface area contributed by atoms with Crippen molar-refractivity contribution >= 4 is 0 Å². The van der Waals surface area contributed by atoms with Crippen LogP contribution < -0.4 is 5.32 Å². The van der Waals surface area contributed by atoms with Gasteiger partial charge in [-0.25, -0.2) is 0 Å². The molecule has 1 heterocycles. The van der Waals surface area contributed by atoms with Crippen molar-refractivity contribution in [1.82, 2.24) is 10.2 Å². The molecule has 0 bridgehead atoms. The summed E-state index contributed by atoms with van der Waals surface area (Å²) >= 11 is 0. The minimum Gasteiger partial charge on any atom is -0.316 e. The number of rotatable bonds is 5. The number of hydrogen-bond acceptors (Lipinski definition) is 2. The summed E-state index contributed by atoms with van der Waals surface area (Å²) in [5.74, 6) is 2.67. The Labute approximate surface area is 120 Å². The number of nitrogens with zero attached hydrogens (tertiary/aromatic N) is 1. The van der Waals surface area contributed by atoms with Gasteiger partial charge in [-0.15, -0.1) is 0 Å². The molecule has 0 radical (unpaired) electrons. The standard InChI is InChI=1S/C17H34N2/c1-14(2)12-18-13-16-7-9-19(10-8-16)17-6-4-5-15(3)11-17/h14-18H,4-13H2,1-3H3. The van der Waals surface area contributed by atoms with Crippen LogP contribution in [0.3, 0.4) is 0 Å². The van der Waals surface area contributed by atoms with Crippen LogP contribution in [0.5, 0.6) is 0 Å². The van der Waals surface area contributed by atoms with E-state index in [2.05, 4.69) is 31.0 Å². The van der Waals surface area contributed by atoms with E-state index in [-0.39, 0.29) is 0 Å². The maximum Gasteiger partial charge on any atom is 0.00977 e. The summed E-state index contributed by atoms with van der Waals surface area (Å²) in [6, 6.07) is 0.910. The Hall–Kier alpha value is -0.0800. The van der Waals surface area contributed by atoms with Crippen LogP contribution in [0.4, 0.5) is 0 Å². The van der Waals surface area contributed by atoms with Crippen molar-refractivity contribution in [3.8, 4) is 0 Å². The molecule has 1 aliphatic heterocycles. The molecule has 1 aliphatic carbocycles. The lowest BCUT2D eigenvalue weighted by molar-refractivity contribution is 0.0922. The fourth-order valence-electron chi connectivity index (χ4n) is 3.83. The Kier molecular flexibility index (Phi) is 6.15. The van der Waals surface area contributed by atoms with Gasteiger partial charge in [0.2, 0.25) is 0 Å². The van der Waals surface area contributed by atoms with Gasteiger partial charge in [0, 0.05) is 6.04 Å². The first-order valence-electron chi connectivity index (χ1n) is 8.60. The number of hydrogen-bond donors (Lipinski definition) is 1. The van der Waals surface area contributed by atoms with Crippen LogP contribution in [0, 0.1) is 17.8 Å². The summed E-state index contributed by atoms with van der Waals surface area (Å²) in [6.07, 6.45) is 8.66. The van der Waals surface area contributed by atoms with E-state index in [4.69, 9.17) is 0 Å². The summed E-state index contributed by atoms with van der Waals surface area (Å²) < 4.78 is 0. The molecule has 0 spiro atoms. The van der Waals surface area contributed by atoms with Gasteiger partial charge in [-0.2, -0.15) is 0 Å². The minimum absolute atomic E-state index is 0.781. The Morgan fingerprint density at radius 2 is 1.84 bits per heavy atom. The fraction of sp³-hybridized carbons (Fsp3) is 1.00. The lowest BCUT2D eigenvalue weighted by Gasteiger charge is -2.41. The molecule has 2 atom stereocenters. The number of piperidine rings is 1. The molecule has 1 N–H and O–H groups in total. The van der Waals surface area contributed by atoms with E-state index in [0.29, 0.717) is 0 Å². The number of likely N-dealkylation sites (tertiary alicyclic amines) is 1. The van der Waals surface area contributed by atoms with Gasteiger partial charge in [0.05, 0.1) is 0 Å². The van der Waals surface area contributed by atoms with Gasteiger partial charge in [-0.1, -0.05) is 33.6 Å². The predicted octanol–water partition coefficient (Wildman–Crippen LogP) is 3.52. The molecular formula is C17H34N2. The zero-order chi connectivity index (χ0) is 13.7. The third-order valence-corrected chi connectivity index (χ3v) is 5.06. The van der Waals surface area contributed by atoms with Gasteiger partial charge in [-0.05, 0) is 69.6 Å². The van der Waals surface area contributed by atoms with Crippen LogP contribution in [0.1, 0.15) is 59.3 Å². The lowest BCUT2D eigenvalue weighted by Crippen LogP contribution is -2.45. The van der Waals surface area contributed by atoms with Crippen LogP contribution >= 0.6 is 0 Å². The second-order valence-corrected chi connectivity index (χ2v) is 7.46. The van der Waals surface area contributed by atoms with E-state index in [1.165, 1.54) is 64.7 Å². The van der Waals surface area contributed by atoms with Crippen molar-refractivity contribution in [2.75, 3.05) is 26.2 Å². The van der Waals surface area contributed by atoms with E-state index in [1.54, 1.807) is 0 Å². The van der Waals surface area contributed by atoms with Crippen molar-refractivity contribution in [3.05, 3.63) is 0 Å². The molecule has 0 amide bonds. The van der Waals surface area contributed by atoms with Gasteiger partial charge < -0.3 is 10.2 Å². The first kappa shape index (κ1) is 15.3. The minimum atomic E-state index is 0.781. The zero-order valence-electron chi connectivity index (χ0n) is 13.3. The molecule has 1 saturated heterocycles. The van der Waals surface area contributed by atoms with E-state index >= 15 is 0 Å². The summed E-state index contributed by atoms with van der Waals surface area (Å²) in [7, 11) is 0. The first-order valence-corrected chi connectivity index (χ1v) is 8.60. The molecule has 2 aliphatic rings. The SMILES string of the molecule is CC(C)CNCC1CCN(C2CCCC(C)C2)CC1. The molecule has 2 fully saturated rings. The molecular weight excluding hydrogens is 232 g/mol. The Morgan fingerprint density at radius 3 is 2.47 bits per heavy atom. The average Bonchev–Trinajstić information content (AvgIpc) is 2.39.